The second kappa shape index (κ2) is 9.96. The van der Waals surface area contributed by atoms with E-state index in [1.807, 2.05) is 9.80 Å². The summed E-state index contributed by atoms with van der Waals surface area (Å²) in [6.07, 6.45) is 4.74. The fourth-order valence-electron chi connectivity index (χ4n) is 4.94. The zero-order valence-electron chi connectivity index (χ0n) is 19.2. The molecular weight excluding hydrogens is 491 g/mol. The molecule has 2 saturated heterocycles. The predicted molar refractivity (Wildman–Crippen MR) is 130 cm³/mol. The number of rotatable bonds is 4. The van der Waals surface area contributed by atoms with E-state index in [0.29, 0.717) is 54.7 Å². The molecule has 7 nitrogen and oxygen atoms in total. The molecule has 2 aromatic carbocycles. The lowest BCUT2D eigenvalue weighted by Gasteiger charge is -2.21. The molecule has 11 heteroatoms. The lowest BCUT2D eigenvalue weighted by atomic mass is 9.92. The second-order valence-electron chi connectivity index (χ2n) is 9.11. The number of thioether (sulfide) groups is 1. The van der Waals surface area contributed by atoms with Crippen molar-refractivity contribution < 1.29 is 22.8 Å². The number of carbonyl (C=O) groups is 2. The smallest absolute Gasteiger partial charge is 0.339 e. The van der Waals surface area contributed by atoms with E-state index < -0.39 is 5.51 Å². The molecule has 0 unspecified atom stereocenters. The number of likely N-dealkylation sites (tertiary alicyclic amines) is 2. The molecule has 1 aromatic heterocycles. The standard InChI is InChI=1S/C25H24F3N5O2S/c26-25(27,28)36-20-5-1-16(2-6-20)3-8-23(34)32-11-9-18-14-33(15-19(18)10-12-32)24(35)17-4-7-21-22(13-17)30-31-29-21/h1-8,13,18-19H,9-12,14-15H2,(H,29,30,31)/t18-,19+. The minimum Gasteiger partial charge on any atom is -0.339 e. The van der Waals surface area contributed by atoms with Gasteiger partial charge >= 0.3 is 5.51 Å². The van der Waals surface area contributed by atoms with Crippen LogP contribution in [0.15, 0.2) is 53.4 Å². The molecule has 188 valence electrons. The van der Waals surface area contributed by atoms with E-state index in [1.54, 1.807) is 36.4 Å². The maximum Gasteiger partial charge on any atom is 0.446 e. The first-order valence-electron chi connectivity index (χ1n) is 11.7. The van der Waals surface area contributed by atoms with Crippen LogP contribution in [0.4, 0.5) is 13.2 Å². The van der Waals surface area contributed by atoms with Crippen molar-refractivity contribution in [2.24, 2.45) is 11.8 Å². The summed E-state index contributed by atoms with van der Waals surface area (Å²) in [5.74, 6) is 0.552. The third-order valence-electron chi connectivity index (χ3n) is 6.81. The number of H-pyrrole nitrogens is 1. The second-order valence-corrected chi connectivity index (χ2v) is 10.2. The molecule has 2 atom stereocenters. The summed E-state index contributed by atoms with van der Waals surface area (Å²) >= 11 is -0.162. The SMILES string of the molecule is O=C(C=Cc1ccc(SC(F)(F)F)cc1)N1CC[C@@H]2CN(C(=O)c3ccc4n[nH]nc4c3)C[C@@H]2CC1. The van der Waals surface area contributed by atoms with Crippen molar-refractivity contribution >= 4 is 40.7 Å². The molecule has 2 fully saturated rings. The number of hydrogen-bond donors (Lipinski definition) is 1. The molecule has 2 aliphatic rings. The summed E-state index contributed by atoms with van der Waals surface area (Å²) in [5, 5.41) is 10.6. The fourth-order valence-corrected chi connectivity index (χ4v) is 5.48. The number of nitrogens with zero attached hydrogens (tertiary/aromatic N) is 4. The molecule has 2 amide bonds. The number of aromatic nitrogens is 3. The van der Waals surface area contributed by atoms with Crippen LogP contribution < -0.4 is 0 Å². The van der Waals surface area contributed by atoms with Crippen LogP contribution in [0.25, 0.3) is 17.1 Å². The van der Waals surface area contributed by atoms with Gasteiger partial charge in [0.2, 0.25) is 5.91 Å². The van der Waals surface area contributed by atoms with E-state index in [1.165, 1.54) is 18.2 Å². The minimum absolute atomic E-state index is 0.0107. The van der Waals surface area contributed by atoms with Gasteiger partial charge in [-0.2, -0.15) is 28.6 Å². The summed E-state index contributed by atoms with van der Waals surface area (Å²) in [7, 11) is 0. The highest BCUT2D eigenvalue weighted by Gasteiger charge is 2.37. The summed E-state index contributed by atoms with van der Waals surface area (Å²) in [5.41, 5.74) is -1.68. The number of carbonyl (C=O) groups excluding carboxylic acids is 2. The van der Waals surface area contributed by atoms with E-state index in [9.17, 15) is 22.8 Å². The monoisotopic (exact) mass is 515 g/mol. The van der Waals surface area contributed by atoms with Gasteiger partial charge in [0.05, 0.1) is 0 Å². The van der Waals surface area contributed by atoms with Crippen molar-refractivity contribution in [3.63, 3.8) is 0 Å². The highest BCUT2D eigenvalue weighted by Crippen LogP contribution is 2.37. The maximum atomic E-state index is 13.1. The van der Waals surface area contributed by atoms with Gasteiger partial charge in [0.25, 0.3) is 5.91 Å². The molecule has 0 saturated carbocycles. The molecule has 2 aliphatic heterocycles. The Balaban J connectivity index is 1.15. The Labute approximate surface area is 209 Å². The van der Waals surface area contributed by atoms with Crippen molar-refractivity contribution in [3.8, 4) is 0 Å². The summed E-state index contributed by atoms with van der Waals surface area (Å²) in [6, 6.07) is 11.2. The molecule has 3 heterocycles. The maximum absolute atomic E-state index is 13.1. The number of benzene rings is 2. The quantitative estimate of drug-likeness (QED) is 0.406. The Morgan fingerprint density at radius 1 is 0.944 bits per heavy atom. The zero-order chi connectivity index (χ0) is 25.3. The van der Waals surface area contributed by atoms with Gasteiger partial charge in [0, 0.05) is 42.7 Å². The first kappa shape index (κ1) is 24.4. The van der Waals surface area contributed by atoms with Crippen molar-refractivity contribution in [1.82, 2.24) is 25.2 Å². The first-order chi connectivity index (χ1) is 17.2. The average Bonchev–Trinajstić information content (AvgIpc) is 3.44. The molecule has 36 heavy (non-hydrogen) atoms. The Kier molecular flexibility index (Phi) is 6.74. The van der Waals surface area contributed by atoms with Gasteiger partial charge in [0.1, 0.15) is 11.0 Å². The molecule has 0 radical (unpaired) electrons. The van der Waals surface area contributed by atoms with Gasteiger partial charge in [-0.25, -0.2) is 0 Å². The van der Waals surface area contributed by atoms with E-state index in [2.05, 4.69) is 15.4 Å². The van der Waals surface area contributed by atoms with Crippen LogP contribution in [-0.4, -0.2) is 68.7 Å². The van der Waals surface area contributed by atoms with Gasteiger partial charge in [-0.3, -0.25) is 9.59 Å². The van der Waals surface area contributed by atoms with Crippen LogP contribution in [0.3, 0.4) is 0 Å². The Morgan fingerprint density at radius 2 is 1.61 bits per heavy atom. The third kappa shape index (κ3) is 5.56. The summed E-state index contributed by atoms with van der Waals surface area (Å²) < 4.78 is 37.4. The molecular formula is C25H24F3N5O2S. The Bertz CT molecular complexity index is 1270. The fraction of sp³-hybridized carbons (Fsp3) is 0.360. The van der Waals surface area contributed by atoms with Crippen molar-refractivity contribution in [3.05, 3.63) is 59.7 Å². The van der Waals surface area contributed by atoms with E-state index in [0.717, 1.165) is 18.4 Å². The normalized spacial score (nSPS) is 20.6. The van der Waals surface area contributed by atoms with Crippen molar-refractivity contribution in [1.29, 1.82) is 0 Å². The van der Waals surface area contributed by atoms with Crippen LogP contribution in [-0.2, 0) is 4.79 Å². The first-order valence-corrected chi connectivity index (χ1v) is 12.5. The number of nitrogens with one attached hydrogen (secondary N) is 1. The third-order valence-corrected chi connectivity index (χ3v) is 7.55. The molecule has 1 N–H and O–H groups in total. The summed E-state index contributed by atoms with van der Waals surface area (Å²) in [4.78, 5) is 29.6. The zero-order valence-corrected chi connectivity index (χ0v) is 20.1. The number of fused-ring (bicyclic) bond motifs is 2. The Hall–Kier alpha value is -3.34. The molecule has 5 rings (SSSR count). The number of aromatic amines is 1. The van der Waals surface area contributed by atoms with Crippen LogP contribution in [0.1, 0.15) is 28.8 Å². The Morgan fingerprint density at radius 3 is 2.28 bits per heavy atom. The number of amides is 2. The molecule has 0 bridgehead atoms. The van der Waals surface area contributed by atoms with Gasteiger partial charge in [-0.05, 0) is 78.4 Å². The van der Waals surface area contributed by atoms with Crippen LogP contribution in [0.2, 0.25) is 0 Å². The van der Waals surface area contributed by atoms with E-state index in [-0.39, 0.29) is 28.5 Å². The van der Waals surface area contributed by atoms with Crippen LogP contribution >= 0.6 is 11.8 Å². The topological polar surface area (TPSA) is 82.2 Å². The van der Waals surface area contributed by atoms with Gasteiger partial charge in [0.15, 0.2) is 0 Å². The molecule has 3 aromatic rings. The van der Waals surface area contributed by atoms with Crippen LogP contribution in [0, 0.1) is 11.8 Å². The lowest BCUT2D eigenvalue weighted by molar-refractivity contribution is -0.126. The lowest BCUT2D eigenvalue weighted by Crippen LogP contribution is -2.33. The number of alkyl halides is 3. The van der Waals surface area contributed by atoms with Gasteiger partial charge in [-0.15, -0.1) is 0 Å². The van der Waals surface area contributed by atoms with Crippen molar-refractivity contribution in [2.75, 3.05) is 26.2 Å². The van der Waals surface area contributed by atoms with Gasteiger partial charge < -0.3 is 9.80 Å². The largest absolute Gasteiger partial charge is 0.446 e. The highest BCUT2D eigenvalue weighted by atomic mass is 32.2. The van der Waals surface area contributed by atoms with E-state index >= 15 is 0 Å². The van der Waals surface area contributed by atoms with Gasteiger partial charge in [-0.1, -0.05) is 12.1 Å². The number of halogens is 3. The highest BCUT2D eigenvalue weighted by molar-refractivity contribution is 8.00. The summed E-state index contributed by atoms with van der Waals surface area (Å²) in [6.45, 7) is 2.55. The van der Waals surface area contributed by atoms with E-state index in [4.69, 9.17) is 0 Å². The van der Waals surface area contributed by atoms with Crippen LogP contribution in [0.5, 0.6) is 0 Å². The molecule has 0 aliphatic carbocycles. The van der Waals surface area contributed by atoms with Crippen molar-refractivity contribution in [2.45, 2.75) is 23.2 Å². The predicted octanol–water partition coefficient (Wildman–Crippen LogP) is 4.59. The average molecular weight is 516 g/mol. The molecule has 0 spiro atoms. The minimum atomic E-state index is -4.32. The number of hydrogen-bond acceptors (Lipinski definition) is 5.